The number of hydrogen-bond donors (Lipinski definition) is 1. The molecule has 3 aromatic carbocycles. The van der Waals surface area contributed by atoms with Crippen molar-refractivity contribution in [3.63, 3.8) is 0 Å². The van der Waals surface area contributed by atoms with Gasteiger partial charge in [0.05, 0.1) is 21.3 Å². The molecule has 0 fully saturated rings. The average Bonchev–Trinajstić information content (AvgIpc) is 2.78. The molecule has 6 nitrogen and oxygen atoms in total. The Hall–Kier alpha value is -3.80. The summed E-state index contributed by atoms with van der Waals surface area (Å²) in [6.45, 7) is 0. The molecule has 148 valence electrons. The highest BCUT2D eigenvalue weighted by molar-refractivity contribution is 6.10. The number of methoxy groups -OCH3 is 3. The van der Waals surface area contributed by atoms with Gasteiger partial charge in [-0.2, -0.15) is 0 Å². The van der Waals surface area contributed by atoms with Crippen molar-refractivity contribution in [2.45, 2.75) is 0 Å². The Labute approximate surface area is 169 Å². The maximum Gasteiger partial charge on any atom is 0.255 e. The first kappa shape index (κ1) is 19.9. The van der Waals surface area contributed by atoms with E-state index in [4.69, 9.17) is 14.2 Å². The number of anilines is 1. The lowest BCUT2D eigenvalue weighted by atomic mass is 10.0. The highest BCUT2D eigenvalue weighted by Crippen LogP contribution is 2.38. The monoisotopic (exact) mass is 391 g/mol. The number of carbonyl (C=O) groups excluding carboxylic acids is 2. The topological polar surface area (TPSA) is 73.9 Å². The van der Waals surface area contributed by atoms with Crippen LogP contribution in [0.2, 0.25) is 0 Å². The molecule has 0 unspecified atom stereocenters. The molecule has 0 atom stereocenters. The first-order valence-electron chi connectivity index (χ1n) is 8.88. The van der Waals surface area contributed by atoms with Gasteiger partial charge in [-0.15, -0.1) is 0 Å². The molecule has 29 heavy (non-hydrogen) atoms. The quantitative estimate of drug-likeness (QED) is 0.611. The van der Waals surface area contributed by atoms with E-state index in [2.05, 4.69) is 5.32 Å². The standard InChI is InChI=1S/C23H21NO5/c1-27-19-13-17(14-20(28-2)22(19)29-3)23(26)24-18-11-7-10-16(12-18)21(25)15-8-5-4-6-9-15/h4-14H,1-3H3,(H,24,26). The van der Waals surface area contributed by atoms with Crippen LogP contribution in [-0.4, -0.2) is 33.0 Å². The molecule has 1 N–H and O–H groups in total. The second-order valence-corrected chi connectivity index (χ2v) is 6.14. The minimum absolute atomic E-state index is 0.116. The second-order valence-electron chi connectivity index (χ2n) is 6.14. The van der Waals surface area contributed by atoms with Gasteiger partial charge in [0.15, 0.2) is 17.3 Å². The van der Waals surface area contributed by atoms with Gasteiger partial charge in [0.2, 0.25) is 5.75 Å². The molecule has 3 rings (SSSR count). The third-order valence-corrected chi connectivity index (χ3v) is 4.35. The minimum atomic E-state index is -0.367. The summed E-state index contributed by atoms with van der Waals surface area (Å²) in [4.78, 5) is 25.4. The Morgan fingerprint density at radius 3 is 1.90 bits per heavy atom. The lowest BCUT2D eigenvalue weighted by molar-refractivity contribution is 0.102. The molecule has 0 aliphatic heterocycles. The van der Waals surface area contributed by atoms with Crippen LogP contribution in [0.25, 0.3) is 0 Å². The predicted octanol–water partition coefficient (Wildman–Crippen LogP) is 4.20. The smallest absolute Gasteiger partial charge is 0.255 e. The van der Waals surface area contributed by atoms with Crippen molar-refractivity contribution in [1.82, 2.24) is 0 Å². The minimum Gasteiger partial charge on any atom is -0.493 e. The molecule has 0 aromatic heterocycles. The predicted molar refractivity (Wildman–Crippen MR) is 110 cm³/mol. The number of ketones is 1. The van der Waals surface area contributed by atoms with Crippen molar-refractivity contribution in [3.8, 4) is 17.2 Å². The summed E-state index contributed by atoms with van der Waals surface area (Å²) in [5, 5.41) is 2.80. The Balaban J connectivity index is 1.85. The fourth-order valence-corrected chi connectivity index (χ4v) is 2.91. The Morgan fingerprint density at radius 2 is 1.31 bits per heavy atom. The molecule has 0 spiro atoms. The Morgan fingerprint density at radius 1 is 0.690 bits per heavy atom. The van der Waals surface area contributed by atoms with Crippen LogP contribution in [0.5, 0.6) is 17.2 Å². The SMILES string of the molecule is COc1cc(C(=O)Nc2cccc(C(=O)c3ccccc3)c2)cc(OC)c1OC. The normalized spacial score (nSPS) is 10.2. The van der Waals surface area contributed by atoms with Gasteiger partial charge >= 0.3 is 0 Å². The molecule has 0 aliphatic rings. The largest absolute Gasteiger partial charge is 0.493 e. The zero-order valence-electron chi connectivity index (χ0n) is 16.4. The summed E-state index contributed by atoms with van der Waals surface area (Å²) >= 11 is 0. The molecule has 6 heteroatoms. The number of hydrogen-bond acceptors (Lipinski definition) is 5. The van der Waals surface area contributed by atoms with Gasteiger partial charge in [0, 0.05) is 22.4 Å². The van der Waals surface area contributed by atoms with Crippen LogP contribution in [0.3, 0.4) is 0 Å². The highest BCUT2D eigenvalue weighted by atomic mass is 16.5. The fraction of sp³-hybridized carbons (Fsp3) is 0.130. The van der Waals surface area contributed by atoms with Gasteiger partial charge in [-0.1, -0.05) is 42.5 Å². The maximum atomic E-state index is 12.8. The lowest BCUT2D eigenvalue weighted by Crippen LogP contribution is -2.13. The van der Waals surface area contributed by atoms with Crippen LogP contribution in [0.4, 0.5) is 5.69 Å². The van der Waals surface area contributed by atoms with E-state index in [1.165, 1.54) is 21.3 Å². The van der Waals surface area contributed by atoms with Gasteiger partial charge in [-0.3, -0.25) is 9.59 Å². The molecule has 0 bridgehead atoms. The van der Waals surface area contributed by atoms with E-state index < -0.39 is 0 Å². The fourth-order valence-electron chi connectivity index (χ4n) is 2.91. The maximum absolute atomic E-state index is 12.8. The van der Waals surface area contributed by atoms with Crippen molar-refractivity contribution in [2.75, 3.05) is 26.6 Å². The second kappa shape index (κ2) is 8.93. The summed E-state index contributed by atoms with van der Waals surface area (Å²) in [6.07, 6.45) is 0. The summed E-state index contributed by atoms with van der Waals surface area (Å²) in [5.74, 6) is 0.681. The average molecular weight is 391 g/mol. The van der Waals surface area contributed by atoms with Crippen LogP contribution in [-0.2, 0) is 0 Å². The van der Waals surface area contributed by atoms with Crippen molar-refractivity contribution in [2.24, 2.45) is 0 Å². The number of carbonyl (C=O) groups is 2. The van der Waals surface area contributed by atoms with Crippen LogP contribution in [0.15, 0.2) is 66.7 Å². The van der Waals surface area contributed by atoms with Gasteiger partial charge in [0.1, 0.15) is 0 Å². The molecular formula is C23H21NO5. The number of benzene rings is 3. The molecule has 1 amide bonds. The summed E-state index contributed by atoms with van der Waals surface area (Å²) in [5.41, 5.74) is 1.91. The number of nitrogens with one attached hydrogen (secondary N) is 1. The van der Waals surface area contributed by atoms with E-state index >= 15 is 0 Å². The van der Waals surface area contributed by atoms with Gasteiger partial charge in [0.25, 0.3) is 5.91 Å². The van der Waals surface area contributed by atoms with Gasteiger partial charge < -0.3 is 19.5 Å². The van der Waals surface area contributed by atoms with E-state index in [1.807, 2.05) is 18.2 Å². The number of rotatable bonds is 7. The zero-order chi connectivity index (χ0) is 20.8. The third-order valence-electron chi connectivity index (χ3n) is 4.35. The van der Waals surface area contributed by atoms with Crippen LogP contribution < -0.4 is 19.5 Å². The highest BCUT2D eigenvalue weighted by Gasteiger charge is 2.17. The molecule has 0 heterocycles. The van der Waals surface area contributed by atoms with Crippen molar-refractivity contribution < 1.29 is 23.8 Å². The van der Waals surface area contributed by atoms with Gasteiger partial charge in [-0.25, -0.2) is 0 Å². The Bertz CT molecular complexity index is 1010. The lowest BCUT2D eigenvalue weighted by Gasteiger charge is -2.14. The van der Waals surface area contributed by atoms with E-state index in [9.17, 15) is 9.59 Å². The molecule has 0 radical (unpaired) electrons. The summed E-state index contributed by atoms with van der Waals surface area (Å²) in [6, 6.07) is 18.9. The zero-order valence-corrected chi connectivity index (χ0v) is 16.4. The molecular weight excluding hydrogens is 370 g/mol. The first-order chi connectivity index (χ1) is 14.1. The molecule has 0 saturated heterocycles. The molecule has 3 aromatic rings. The van der Waals surface area contributed by atoms with E-state index in [-0.39, 0.29) is 11.7 Å². The van der Waals surface area contributed by atoms with Crippen LogP contribution >= 0.6 is 0 Å². The summed E-state index contributed by atoms with van der Waals surface area (Å²) < 4.78 is 15.9. The number of ether oxygens (including phenoxy) is 3. The van der Waals surface area contributed by atoms with E-state index in [0.717, 1.165) is 0 Å². The van der Waals surface area contributed by atoms with Crippen LogP contribution in [0.1, 0.15) is 26.3 Å². The van der Waals surface area contributed by atoms with E-state index in [1.54, 1.807) is 48.5 Å². The van der Waals surface area contributed by atoms with E-state index in [0.29, 0.717) is 39.6 Å². The molecule has 0 saturated carbocycles. The van der Waals surface area contributed by atoms with Crippen molar-refractivity contribution in [3.05, 3.63) is 83.4 Å². The Kier molecular flexibility index (Phi) is 6.14. The van der Waals surface area contributed by atoms with Crippen LogP contribution in [0, 0.1) is 0 Å². The molecule has 0 aliphatic carbocycles. The van der Waals surface area contributed by atoms with Crippen molar-refractivity contribution in [1.29, 1.82) is 0 Å². The third kappa shape index (κ3) is 4.38. The van der Waals surface area contributed by atoms with Crippen molar-refractivity contribution >= 4 is 17.4 Å². The van der Waals surface area contributed by atoms with Gasteiger partial charge in [-0.05, 0) is 24.3 Å². The first-order valence-corrected chi connectivity index (χ1v) is 8.88. The number of amides is 1. The summed E-state index contributed by atoms with van der Waals surface area (Å²) in [7, 11) is 4.46.